The van der Waals surface area contributed by atoms with Gasteiger partial charge in [0, 0.05) is 11.0 Å². The number of hydrogen-bond acceptors (Lipinski definition) is 4. The third kappa shape index (κ3) is 4.32. The molecule has 0 aliphatic heterocycles. The summed E-state index contributed by atoms with van der Waals surface area (Å²) in [4.78, 5) is 23.8. The van der Waals surface area contributed by atoms with E-state index >= 15 is 0 Å². The Bertz CT molecular complexity index is 746. The van der Waals surface area contributed by atoms with Crippen molar-refractivity contribution < 1.29 is 9.72 Å². The molecule has 1 atom stereocenters. The molecule has 0 aliphatic rings. The second-order valence-electron chi connectivity index (χ2n) is 5.29. The average Bonchev–Trinajstić information content (AvgIpc) is 2.50. The first-order chi connectivity index (χ1) is 10.9. The third-order valence-electron chi connectivity index (χ3n) is 3.36. The predicted octanol–water partition coefficient (Wildman–Crippen LogP) is 4.33. The average molecular weight is 330 g/mol. The van der Waals surface area contributed by atoms with Gasteiger partial charge in [0.25, 0.3) is 5.69 Å². The van der Waals surface area contributed by atoms with Crippen LogP contribution in [0.5, 0.6) is 0 Å². The summed E-state index contributed by atoms with van der Waals surface area (Å²) < 4.78 is 0. The molecule has 0 spiro atoms. The van der Waals surface area contributed by atoms with Gasteiger partial charge in [-0.05, 0) is 38.5 Å². The van der Waals surface area contributed by atoms with Crippen molar-refractivity contribution in [1.82, 2.24) is 0 Å². The van der Waals surface area contributed by atoms with Crippen LogP contribution in [0.1, 0.15) is 18.1 Å². The zero-order chi connectivity index (χ0) is 17.0. The lowest BCUT2D eigenvalue weighted by atomic mass is 10.2. The summed E-state index contributed by atoms with van der Waals surface area (Å²) in [7, 11) is 0. The summed E-state index contributed by atoms with van der Waals surface area (Å²) in [5.74, 6) is -0.260. The number of nitrogens with zero attached hydrogens (tertiary/aromatic N) is 1. The Morgan fingerprint density at radius 1 is 1.22 bits per heavy atom. The van der Waals surface area contributed by atoms with Crippen molar-refractivity contribution in [2.75, 3.05) is 5.32 Å². The van der Waals surface area contributed by atoms with Crippen molar-refractivity contribution in [1.29, 1.82) is 0 Å². The minimum absolute atomic E-state index is 0.107. The van der Waals surface area contributed by atoms with Gasteiger partial charge in [0.05, 0.1) is 10.2 Å². The van der Waals surface area contributed by atoms with Crippen LogP contribution < -0.4 is 5.32 Å². The van der Waals surface area contributed by atoms with Crippen molar-refractivity contribution in [3.8, 4) is 0 Å². The summed E-state index contributed by atoms with van der Waals surface area (Å²) in [6.07, 6.45) is 0. The molecule has 2 aromatic carbocycles. The SMILES string of the molecule is Cc1ccc(S[C@H](C)C(=O)Nc2ccccc2[N+](=O)[O-])c(C)c1. The van der Waals surface area contributed by atoms with Crippen LogP contribution in [0.25, 0.3) is 0 Å². The first kappa shape index (κ1) is 17.0. The molecule has 0 fully saturated rings. The lowest BCUT2D eigenvalue weighted by Crippen LogP contribution is -2.23. The van der Waals surface area contributed by atoms with E-state index in [1.54, 1.807) is 19.1 Å². The van der Waals surface area contributed by atoms with Gasteiger partial charge in [0.1, 0.15) is 5.69 Å². The predicted molar refractivity (Wildman–Crippen MR) is 93.0 cm³/mol. The number of amides is 1. The highest BCUT2D eigenvalue weighted by molar-refractivity contribution is 8.00. The number of benzene rings is 2. The van der Waals surface area contributed by atoms with Crippen LogP contribution in [0.3, 0.4) is 0 Å². The Balaban J connectivity index is 2.10. The Kier molecular flexibility index (Phi) is 5.39. The number of thioether (sulfide) groups is 1. The Morgan fingerprint density at radius 3 is 2.57 bits per heavy atom. The molecule has 2 rings (SSSR count). The molecule has 0 bridgehead atoms. The molecule has 5 nitrogen and oxygen atoms in total. The Hall–Kier alpha value is -2.34. The highest BCUT2D eigenvalue weighted by Gasteiger charge is 2.20. The maximum absolute atomic E-state index is 12.3. The molecule has 0 aliphatic carbocycles. The van der Waals surface area contributed by atoms with Gasteiger partial charge in [-0.15, -0.1) is 11.8 Å². The second kappa shape index (κ2) is 7.28. The topological polar surface area (TPSA) is 72.2 Å². The van der Waals surface area contributed by atoms with E-state index in [0.717, 1.165) is 10.5 Å². The molecule has 23 heavy (non-hydrogen) atoms. The van der Waals surface area contributed by atoms with Crippen molar-refractivity contribution in [2.45, 2.75) is 30.9 Å². The van der Waals surface area contributed by atoms with Gasteiger partial charge < -0.3 is 5.32 Å². The summed E-state index contributed by atoms with van der Waals surface area (Å²) in [6.45, 7) is 5.81. The van der Waals surface area contributed by atoms with E-state index in [4.69, 9.17) is 0 Å². The largest absolute Gasteiger partial charge is 0.319 e. The van der Waals surface area contributed by atoms with E-state index in [1.807, 2.05) is 26.0 Å². The number of nitro groups is 1. The van der Waals surface area contributed by atoms with E-state index in [0.29, 0.717) is 0 Å². The molecule has 0 saturated carbocycles. The monoisotopic (exact) mass is 330 g/mol. The van der Waals surface area contributed by atoms with Crippen LogP contribution in [-0.4, -0.2) is 16.1 Å². The number of nitro benzene ring substituents is 1. The number of nitrogens with one attached hydrogen (secondary N) is 1. The zero-order valence-corrected chi connectivity index (χ0v) is 14.0. The van der Waals surface area contributed by atoms with Gasteiger partial charge in [-0.2, -0.15) is 0 Å². The van der Waals surface area contributed by atoms with E-state index in [-0.39, 0.29) is 22.5 Å². The van der Waals surface area contributed by atoms with Crippen LogP contribution in [0, 0.1) is 24.0 Å². The second-order valence-corrected chi connectivity index (χ2v) is 6.68. The fourth-order valence-electron chi connectivity index (χ4n) is 2.15. The van der Waals surface area contributed by atoms with Gasteiger partial charge in [0.2, 0.25) is 5.91 Å². The fourth-order valence-corrected chi connectivity index (χ4v) is 3.09. The standard InChI is InChI=1S/C17H18N2O3S/c1-11-8-9-16(12(2)10-11)23-13(3)17(20)18-14-6-4-5-7-15(14)19(21)22/h4-10,13H,1-3H3,(H,18,20)/t13-/m1/s1. The number of carbonyl (C=O) groups excluding carboxylic acids is 1. The molecular weight excluding hydrogens is 312 g/mol. The van der Waals surface area contributed by atoms with Crippen LogP contribution in [0.15, 0.2) is 47.4 Å². The number of para-hydroxylation sites is 2. The summed E-state index contributed by atoms with van der Waals surface area (Å²) in [5, 5.41) is 13.3. The first-order valence-corrected chi connectivity index (χ1v) is 8.04. The number of anilines is 1. The van der Waals surface area contributed by atoms with Crippen LogP contribution in [0.4, 0.5) is 11.4 Å². The van der Waals surface area contributed by atoms with Gasteiger partial charge in [-0.1, -0.05) is 29.8 Å². The van der Waals surface area contributed by atoms with Crippen LogP contribution in [-0.2, 0) is 4.79 Å². The van der Waals surface area contributed by atoms with Gasteiger partial charge in [0.15, 0.2) is 0 Å². The van der Waals surface area contributed by atoms with Gasteiger partial charge in [-0.25, -0.2) is 0 Å². The molecule has 0 saturated heterocycles. The molecule has 0 unspecified atom stereocenters. The Labute approximate surface area is 139 Å². The van der Waals surface area contributed by atoms with Crippen LogP contribution >= 0.6 is 11.8 Å². The molecule has 1 amide bonds. The van der Waals surface area contributed by atoms with Gasteiger partial charge in [-0.3, -0.25) is 14.9 Å². The molecule has 0 radical (unpaired) electrons. The highest BCUT2D eigenvalue weighted by Crippen LogP contribution is 2.29. The maximum atomic E-state index is 12.3. The lowest BCUT2D eigenvalue weighted by Gasteiger charge is -2.14. The minimum atomic E-state index is -0.502. The summed E-state index contributed by atoms with van der Waals surface area (Å²) in [6, 6.07) is 12.2. The lowest BCUT2D eigenvalue weighted by molar-refractivity contribution is -0.383. The van der Waals surface area contributed by atoms with E-state index in [9.17, 15) is 14.9 Å². The third-order valence-corrected chi connectivity index (χ3v) is 4.64. The number of rotatable bonds is 5. The zero-order valence-electron chi connectivity index (χ0n) is 13.2. The van der Waals surface area contributed by atoms with E-state index in [1.165, 1.54) is 29.5 Å². The normalized spacial score (nSPS) is 11.8. The number of aryl methyl sites for hydroxylation is 2. The van der Waals surface area contributed by atoms with Gasteiger partial charge >= 0.3 is 0 Å². The molecule has 0 heterocycles. The molecular formula is C17H18N2O3S. The van der Waals surface area contributed by atoms with Crippen molar-refractivity contribution >= 4 is 29.0 Å². The van der Waals surface area contributed by atoms with Crippen molar-refractivity contribution in [3.63, 3.8) is 0 Å². The number of hydrogen-bond donors (Lipinski definition) is 1. The quantitative estimate of drug-likeness (QED) is 0.503. The van der Waals surface area contributed by atoms with Crippen LogP contribution in [0.2, 0.25) is 0 Å². The van der Waals surface area contributed by atoms with Crippen molar-refractivity contribution in [2.24, 2.45) is 0 Å². The van der Waals surface area contributed by atoms with Crippen molar-refractivity contribution in [3.05, 3.63) is 63.7 Å². The highest BCUT2D eigenvalue weighted by atomic mass is 32.2. The molecule has 0 aromatic heterocycles. The van der Waals surface area contributed by atoms with E-state index < -0.39 is 4.92 Å². The molecule has 2 aromatic rings. The number of carbonyl (C=O) groups is 1. The molecule has 120 valence electrons. The minimum Gasteiger partial charge on any atom is -0.319 e. The fraction of sp³-hybridized carbons (Fsp3) is 0.235. The smallest absolute Gasteiger partial charge is 0.292 e. The molecule has 6 heteroatoms. The van der Waals surface area contributed by atoms with E-state index in [2.05, 4.69) is 11.4 Å². The Morgan fingerprint density at radius 2 is 1.91 bits per heavy atom. The molecule has 1 N–H and O–H groups in total. The maximum Gasteiger partial charge on any atom is 0.292 e. The summed E-state index contributed by atoms with van der Waals surface area (Å²) in [5.41, 5.74) is 2.39. The first-order valence-electron chi connectivity index (χ1n) is 7.16. The summed E-state index contributed by atoms with van der Waals surface area (Å²) >= 11 is 1.44.